The standard InChI is InChI=1S/C16H23Cl2N/c1-11-3-5-12(6-4-11)16(19-2)10-13-9-14(17)7-8-15(13)18/h7-9,11-12,16,19H,3-6,10H2,1-2H3. The normalized spacial score (nSPS) is 25.3. The van der Waals surface area contributed by atoms with E-state index in [1.807, 2.05) is 18.2 Å². The topological polar surface area (TPSA) is 12.0 Å². The first-order chi connectivity index (χ1) is 9.10. The molecule has 19 heavy (non-hydrogen) atoms. The molecule has 1 N–H and O–H groups in total. The van der Waals surface area contributed by atoms with Crippen LogP contribution in [0.3, 0.4) is 0 Å². The zero-order valence-corrected chi connectivity index (χ0v) is 13.3. The lowest BCUT2D eigenvalue weighted by atomic mass is 9.78. The Labute approximate surface area is 126 Å². The van der Waals surface area contributed by atoms with Crippen LogP contribution in [0.4, 0.5) is 0 Å². The molecule has 0 spiro atoms. The molecular weight excluding hydrogens is 277 g/mol. The van der Waals surface area contributed by atoms with E-state index in [2.05, 4.69) is 19.3 Å². The molecule has 0 amide bonds. The molecule has 0 radical (unpaired) electrons. The van der Waals surface area contributed by atoms with E-state index in [1.165, 1.54) is 25.7 Å². The van der Waals surface area contributed by atoms with E-state index in [-0.39, 0.29) is 0 Å². The minimum absolute atomic E-state index is 0.503. The monoisotopic (exact) mass is 299 g/mol. The molecule has 1 saturated carbocycles. The van der Waals surface area contributed by atoms with Crippen molar-refractivity contribution in [2.45, 2.75) is 45.1 Å². The lowest BCUT2D eigenvalue weighted by Crippen LogP contribution is -2.37. The second-order valence-electron chi connectivity index (χ2n) is 5.85. The van der Waals surface area contributed by atoms with Gasteiger partial charge in [-0.2, -0.15) is 0 Å². The van der Waals surface area contributed by atoms with Crippen molar-refractivity contribution in [3.05, 3.63) is 33.8 Å². The number of benzene rings is 1. The van der Waals surface area contributed by atoms with Crippen molar-refractivity contribution in [1.82, 2.24) is 5.32 Å². The zero-order valence-electron chi connectivity index (χ0n) is 11.8. The fraction of sp³-hybridized carbons (Fsp3) is 0.625. The summed E-state index contributed by atoms with van der Waals surface area (Å²) < 4.78 is 0. The summed E-state index contributed by atoms with van der Waals surface area (Å²) in [6.07, 6.45) is 6.32. The van der Waals surface area contributed by atoms with E-state index in [4.69, 9.17) is 23.2 Å². The summed E-state index contributed by atoms with van der Waals surface area (Å²) in [5.74, 6) is 1.65. The van der Waals surface area contributed by atoms with Gasteiger partial charge in [-0.1, -0.05) is 43.0 Å². The lowest BCUT2D eigenvalue weighted by Gasteiger charge is -2.33. The number of nitrogens with one attached hydrogen (secondary N) is 1. The molecule has 0 heterocycles. The van der Waals surface area contributed by atoms with E-state index in [0.29, 0.717) is 6.04 Å². The van der Waals surface area contributed by atoms with E-state index in [0.717, 1.165) is 33.9 Å². The maximum Gasteiger partial charge on any atom is 0.0439 e. The predicted octanol–water partition coefficient (Wildman–Crippen LogP) is 4.95. The Bertz CT molecular complexity index is 411. The first-order valence-corrected chi connectivity index (χ1v) is 7.97. The van der Waals surface area contributed by atoms with E-state index >= 15 is 0 Å². The first kappa shape index (κ1) is 15.2. The molecule has 1 atom stereocenters. The molecule has 1 aromatic rings. The number of hydrogen-bond acceptors (Lipinski definition) is 1. The van der Waals surface area contributed by atoms with Crippen molar-refractivity contribution in [2.24, 2.45) is 11.8 Å². The fourth-order valence-corrected chi connectivity index (χ4v) is 3.52. The summed E-state index contributed by atoms with van der Waals surface area (Å²) in [5.41, 5.74) is 1.16. The average Bonchev–Trinajstić information content (AvgIpc) is 2.41. The molecule has 0 aliphatic heterocycles. The third-order valence-electron chi connectivity index (χ3n) is 4.45. The molecule has 1 aliphatic rings. The number of hydrogen-bond donors (Lipinski definition) is 1. The van der Waals surface area contributed by atoms with Gasteiger partial charge < -0.3 is 5.32 Å². The summed E-state index contributed by atoms with van der Waals surface area (Å²) in [4.78, 5) is 0. The Kier molecular flexibility index (Phi) is 5.56. The molecule has 1 nitrogen and oxygen atoms in total. The molecule has 1 aromatic carbocycles. The quantitative estimate of drug-likeness (QED) is 0.829. The van der Waals surface area contributed by atoms with Gasteiger partial charge in [0.05, 0.1) is 0 Å². The van der Waals surface area contributed by atoms with Gasteiger partial charge in [0.25, 0.3) is 0 Å². The summed E-state index contributed by atoms with van der Waals surface area (Å²) in [6, 6.07) is 6.25. The van der Waals surface area contributed by atoms with E-state index in [9.17, 15) is 0 Å². The van der Waals surface area contributed by atoms with Crippen LogP contribution in [0.15, 0.2) is 18.2 Å². The van der Waals surface area contributed by atoms with Crippen molar-refractivity contribution in [3.8, 4) is 0 Å². The SMILES string of the molecule is CNC(Cc1cc(Cl)ccc1Cl)C1CCC(C)CC1. The van der Waals surface area contributed by atoms with Crippen molar-refractivity contribution < 1.29 is 0 Å². The highest BCUT2D eigenvalue weighted by atomic mass is 35.5. The second-order valence-corrected chi connectivity index (χ2v) is 6.70. The minimum atomic E-state index is 0.503. The summed E-state index contributed by atoms with van der Waals surface area (Å²) in [5, 5.41) is 5.08. The fourth-order valence-electron chi connectivity index (χ4n) is 3.13. The molecule has 0 bridgehead atoms. The molecule has 3 heteroatoms. The lowest BCUT2D eigenvalue weighted by molar-refractivity contribution is 0.235. The first-order valence-electron chi connectivity index (χ1n) is 7.21. The van der Waals surface area contributed by atoms with Crippen molar-refractivity contribution in [1.29, 1.82) is 0 Å². The van der Waals surface area contributed by atoms with Crippen molar-refractivity contribution in [2.75, 3.05) is 7.05 Å². The van der Waals surface area contributed by atoms with Crippen LogP contribution in [0.1, 0.15) is 38.2 Å². The minimum Gasteiger partial charge on any atom is -0.316 e. The summed E-state index contributed by atoms with van der Waals surface area (Å²) in [6.45, 7) is 2.36. The third kappa shape index (κ3) is 4.11. The smallest absolute Gasteiger partial charge is 0.0439 e. The second kappa shape index (κ2) is 6.97. The molecule has 0 saturated heterocycles. The Morgan fingerprint density at radius 3 is 2.53 bits per heavy atom. The van der Waals surface area contributed by atoms with Gasteiger partial charge in [0.2, 0.25) is 0 Å². The van der Waals surface area contributed by atoms with Crippen LogP contribution >= 0.6 is 23.2 Å². The molecule has 2 rings (SSSR count). The highest BCUT2D eigenvalue weighted by Crippen LogP contribution is 2.32. The van der Waals surface area contributed by atoms with Crippen LogP contribution in [0, 0.1) is 11.8 Å². The number of halogens is 2. The van der Waals surface area contributed by atoms with Crippen molar-refractivity contribution in [3.63, 3.8) is 0 Å². The zero-order chi connectivity index (χ0) is 13.8. The van der Waals surface area contributed by atoms with Crippen LogP contribution < -0.4 is 5.32 Å². The maximum atomic E-state index is 6.27. The molecule has 1 fully saturated rings. The Morgan fingerprint density at radius 2 is 1.89 bits per heavy atom. The van der Waals surface area contributed by atoms with Gasteiger partial charge in [0.15, 0.2) is 0 Å². The predicted molar refractivity (Wildman–Crippen MR) is 84.1 cm³/mol. The molecule has 106 valence electrons. The van der Waals surface area contributed by atoms with Crippen molar-refractivity contribution >= 4 is 23.2 Å². The van der Waals surface area contributed by atoms with Gasteiger partial charge >= 0.3 is 0 Å². The Balaban J connectivity index is 2.04. The Morgan fingerprint density at radius 1 is 1.21 bits per heavy atom. The van der Waals surface area contributed by atoms with Gasteiger partial charge in [-0.05, 0) is 61.9 Å². The average molecular weight is 300 g/mol. The van der Waals surface area contributed by atoms with Gasteiger partial charge in [-0.3, -0.25) is 0 Å². The van der Waals surface area contributed by atoms with Gasteiger partial charge in [-0.25, -0.2) is 0 Å². The van der Waals surface area contributed by atoms with Crippen LogP contribution in [0.25, 0.3) is 0 Å². The molecule has 0 aromatic heterocycles. The number of rotatable bonds is 4. The highest BCUT2D eigenvalue weighted by Gasteiger charge is 2.25. The van der Waals surface area contributed by atoms with Crippen LogP contribution in [-0.4, -0.2) is 13.1 Å². The summed E-state index contributed by atoms with van der Waals surface area (Å²) in [7, 11) is 2.06. The van der Waals surface area contributed by atoms with E-state index in [1.54, 1.807) is 0 Å². The molecule has 1 aliphatic carbocycles. The number of likely N-dealkylation sites (N-methyl/N-ethyl adjacent to an activating group) is 1. The van der Waals surface area contributed by atoms with Crippen LogP contribution in [0.5, 0.6) is 0 Å². The Hall–Kier alpha value is -0.240. The van der Waals surface area contributed by atoms with Gasteiger partial charge in [0, 0.05) is 16.1 Å². The highest BCUT2D eigenvalue weighted by molar-refractivity contribution is 6.33. The summed E-state index contributed by atoms with van der Waals surface area (Å²) >= 11 is 12.3. The van der Waals surface area contributed by atoms with E-state index < -0.39 is 0 Å². The van der Waals surface area contributed by atoms with Gasteiger partial charge in [-0.15, -0.1) is 0 Å². The van der Waals surface area contributed by atoms with Crippen LogP contribution in [-0.2, 0) is 6.42 Å². The third-order valence-corrected chi connectivity index (χ3v) is 5.05. The molecule has 1 unspecified atom stereocenters. The maximum absolute atomic E-state index is 6.27. The largest absolute Gasteiger partial charge is 0.316 e. The molecular formula is C16H23Cl2N. The van der Waals surface area contributed by atoms with Crippen LogP contribution in [0.2, 0.25) is 10.0 Å². The van der Waals surface area contributed by atoms with Gasteiger partial charge in [0.1, 0.15) is 0 Å².